The zero-order valence-electron chi connectivity index (χ0n) is 13.5. The highest BCUT2D eigenvalue weighted by molar-refractivity contribution is 7.99. The third kappa shape index (κ3) is 3.51. The van der Waals surface area contributed by atoms with Gasteiger partial charge in [0.05, 0.1) is 15.7 Å². The van der Waals surface area contributed by atoms with Gasteiger partial charge < -0.3 is 10.2 Å². The Morgan fingerprint density at radius 3 is 2.58 bits per heavy atom. The van der Waals surface area contributed by atoms with E-state index in [0.717, 1.165) is 5.75 Å². The van der Waals surface area contributed by atoms with Crippen LogP contribution in [0.2, 0.25) is 10.0 Å². The summed E-state index contributed by atoms with van der Waals surface area (Å²) in [6.07, 6.45) is 0. The molecule has 6 heteroatoms. The maximum Gasteiger partial charge on any atom is 0.323 e. The first-order chi connectivity index (χ1) is 11.5. The number of carbonyl (C=O) groups is 1. The van der Waals surface area contributed by atoms with Crippen LogP contribution in [0.25, 0.3) is 0 Å². The zero-order valence-corrected chi connectivity index (χ0v) is 15.8. The number of halogens is 2. The minimum absolute atomic E-state index is 0.00635. The molecule has 0 spiro atoms. The molecular formula is C18H18Cl2N2OS. The summed E-state index contributed by atoms with van der Waals surface area (Å²) in [5, 5.41) is 3.74. The van der Waals surface area contributed by atoms with E-state index in [-0.39, 0.29) is 11.4 Å². The number of nitrogens with zero attached hydrogens (tertiary/aromatic N) is 1. The van der Waals surface area contributed by atoms with Gasteiger partial charge in [0, 0.05) is 12.3 Å². The third-order valence-corrected chi connectivity index (χ3v) is 5.91. The standard InChI is InChI=1S/C18H18Cl2N2OS/c1-11-6-7-13(12(2)10-11)17-22(8-9-24-17)18(23)21-16-14(19)4-3-5-15(16)20/h3-7,10,17H,8-9H2,1-2H3,(H,21,23). The first-order valence-electron chi connectivity index (χ1n) is 7.68. The lowest BCUT2D eigenvalue weighted by Gasteiger charge is -2.26. The average Bonchev–Trinajstić information content (AvgIpc) is 3.00. The molecule has 24 heavy (non-hydrogen) atoms. The molecular weight excluding hydrogens is 363 g/mol. The fourth-order valence-electron chi connectivity index (χ4n) is 2.83. The lowest BCUT2D eigenvalue weighted by Crippen LogP contribution is -2.34. The highest BCUT2D eigenvalue weighted by Gasteiger charge is 2.32. The van der Waals surface area contributed by atoms with Gasteiger partial charge in [-0.05, 0) is 37.1 Å². The number of hydrogen-bond donors (Lipinski definition) is 1. The highest BCUT2D eigenvalue weighted by atomic mass is 35.5. The molecule has 1 atom stereocenters. The number of benzene rings is 2. The van der Waals surface area contributed by atoms with Crippen LogP contribution in [0.4, 0.5) is 10.5 Å². The Labute approximate surface area is 156 Å². The molecule has 2 amide bonds. The van der Waals surface area contributed by atoms with Gasteiger partial charge in [0.25, 0.3) is 0 Å². The van der Waals surface area contributed by atoms with Crippen molar-refractivity contribution in [1.82, 2.24) is 4.90 Å². The summed E-state index contributed by atoms with van der Waals surface area (Å²) in [6.45, 7) is 4.85. The first-order valence-corrected chi connectivity index (χ1v) is 9.48. The van der Waals surface area contributed by atoms with Crippen LogP contribution in [-0.4, -0.2) is 23.2 Å². The average molecular weight is 381 g/mol. The van der Waals surface area contributed by atoms with Gasteiger partial charge >= 0.3 is 6.03 Å². The van der Waals surface area contributed by atoms with E-state index in [1.165, 1.54) is 16.7 Å². The fraction of sp³-hybridized carbons (Fsp3) is 0.278. The van der Waals surface area contributed by atoms with Gasteiger partial charge in [-0.3, -0.25) is 0 Å². The van der Waals surface area contributed by atoms with Gasteiger partial charge in [-0.15, -0.1) is 11.8 Å². The number of para-hydroxylation sites is 1. The third-order valence-electron chi connectivity index (χ3n) is 4.04. The molecule has 0 radical (unpaired) electrons. The van der Waals surface area contributed by atoms with E-state index >= 15 is 0 Å². The minimum atomic E-state index is -0.181. The van der Waals surface area contributed by atoms with Crippen molar-refractivity contribution in [3.8, 4) is 0 Å². The lowest BCUT2D eigenvalue weighted by molar-refractivity contribution is 0.214. The Bertz CT molecular complexity index is 761. The monoisotopic (exact) mass is 380 g/mol. The van der Waals surface area contributed by atoms with Gasteiger partial charge in [-0.25, -0.2) is 4.79 Å². The second kappa shape index (κ2) is 7.26. The number of rotatable bonds is 2. The Hall–Kier alpha value is -1.36. The van der Waals surface area contributed by atoms with E-state index in [0.29, 0.717) is 22.3 Å². The molecule has 1 heterocycles. The van der Waals surface area contributed by atoms with Gasteiger partial charge in [-0.2, -0.15) is 0 Å². The molecule has 1 aliphatic rings. The summed E-state index contributed by atoms with van der Waals surface area (Å²) in [6, 6.07) is 11.3. The Morgan fingerprint density at radius 1 is 1.21 bits per heavy atom. The molecule has 1 fully saturated rings. The van der Waals surface area contributed by atoms with Crippen LogP contribution in [0.15, 0.2) is 36.4 Å². The molecule has 3 nitrogen and oxygen atoms in total. The molecule has 0 bridgehead atoms. The fourth-order valence-corrected chi connectivity index (χ4v) is 4.68. The quantitative estimate of drug-likeness (QED) is 0.704. The van der Waals surface area contributed by atoms with Crippen molar-refractivity contribution >= 4 is 46.7 Å². The molecule has 0 saturated carbocycles. The molecule has 0 aliphatic carbocycles. The van der Waals surface area contributed by atoms with E-state index < -0.39 is 0 Å². The molecule has 2 aromatic rings. The van der Waals surface area contributed by atoms with Gasteiger partial charge in [0.15, 0.2) is 0 Å². The number of urea groups is 1. The molecule has 126 valence electrons. The van der Waals surface area contributed by atoms with Crippen LogP contribution in [0, 0.1) is 13.8 Å². The summed E-state index contributed by atoms with van der Waals surface area (Å²) in [5.74, 6) is 0.904. The van der Waals surface area contributed by atoms with Crippen LogP contribution in [0.3, 0.4) is 0 Å². The molecule has 2 aromatic carbocycles. The Morgan fingerprint density at radius 2 is 1.92 bits per heavy atom. The predicted molar refractivity (Wildman–Crippen MR) is 103 cm³/mol. The summed E-state index contributed by atoms with van der Waals surface area (Å²) < 4.78 is 0. The van der Waals surface area contributed by atoms with Gasteiger partial charge in [-0.1, -0.05) is 53.0 Å². The number of anilines is 1. The Balaban J connectivity index is 1.84. The Kier molecular flexibility index (Phi) is 5.28. The second-order valence-corrected chi connectivity index (χ2v) is 7.81. The topological polar surface area (TPSA) is 32.3 Å². The zero-order chi connectivity index (χ0) is 17.3. The number of carbonyl (C=O) groups excluding carboxylic acids is 1. The SMILES string of the molecule is Cc1ccc(C2SCCN2C(=O)Nc2c(Cl)cccc2Cl)c(C)c1. The maximum absolute atomic E-state index is 12.8. The number of hydrogen-bond acceptors (Lipinski definition) is 2. The molecule has 3 rings (SSSR count). The normalized spacial score (nSPS) is 17.2. The van der Waals surface area contributed by atoms with Crippen molar-refractivity contribution in [3.05, 3.63) is 63.1 Å². The van der Waals surface area contributed by atoms with E-state index in [4.69, 9.17) is 23.2 Å². The smallest absolute Gasteiger partial charge is 0.308 e. The van der Waals surface area contributed by atoms with Crippen LogP contribution in [0.5, 0.6) is 0 Å². The van der Waals surface area contributed by atoms with Gasteiger partial charge in [0.1, 0.15) is 5.37 Å². The summed E-state index contributed by atoms with van der Waals surface area (Å²) >= 11 is 14.1. The molecule has 1 saturated heterocycles. The van der Waals surface area contributed by atoms with Crippen molar-refractivity contribution in [2.45, 2.75) is 19.2 Å². The van der Waals surface area contributed by atoms with Crippen LogP contribution in [0.1, 0.15) is 22.1 Å². The van der Waals surface area contributed by atoms with Crippen molar-refractivity contribution in [3.63, 3.8) is 0 Å². The van der Waals surface area contributed by atoms with Crippen LogP contribution < -0.4 is 5.32 Å². The first kappa shape index (κ1) is 17.5. The number of amides is 2. The largest absolute Gasteiger partial charge is 0.323 e. The number of thioether (sulfide) groups is 1. The predicted octanol–water partition coefficient (Wildman–Crippen LogP) is 5.89. The van der Waals surface area contributed by atoms with Gasteiger partial charge in [0.2, 0.25) is 0 Å². The van der Waals surface area contributed by atoms with Crippen molar-refractivity contribution in [1.29, 1.82) is 0 Å². The summed E-state index contributed by atoms with van der Waals surface area (Å²) in [5.41, 5.74) is 4.05. The number of nitrogens with one attached hydrogen (secondary N) is 1. The molecule has 1 unspecified atom stereocenters. The van der Waals surface area contributed by atoms with Crippen molar-refractivity contribution in [2.24, 2.45) is 0 Å². The van der Waals surface area contributed by atoms with E-state index in [1.54, 1.807) is 30.0 Å². The van der Waals surface area contributed by atoms with Crippen LogP contribution in [-0.2, 0) is 0 Å². The summed E-state index contributed by atoms with van der Waals surface area (Å²) in [4.78, 5) is 14.6. The maximum atomic E-state index is 12.8. The van der Waals surface area contributed by atoms with Crippen molar-refractivity contribution < 1.29 is 4.79 Å². The van der Waals surface area contributed by atoms with E-state index in [1.807, 2.05) is 4.90 Å². The van der Waals surface area contributed by atoms with Crippen LogP contribution >= 0.6 is 35.0 Å². The second-order valence-electron chi connectivity index (χ2n) is 5.80. The molecule has 1 aliphatic heterocycles. The minimum Gasteiger partial charge on any atom is -0.308 e. The summed E-state index contributed by atoms with van der Waals surface area (Å²) in [7, 11) is 0. The van der Waals surface area contributed by atoms with E-state index in [9.17, 15) is 4.79 Å². The number of aryl methyl sites for hydroxylation is 2. The lowest BCUT2D eigenvalue weighted by atomic mass is 10.1. The highest BCUT2D eigenvalue weighted by Crippen LogP contribution is 2.40. The molecule has 1 N–H and O–H groups in total. The van der Waals surface area contributed by atoms with Crippen molar-refractivity contribution in [2.75, 3.05) is 17.6 Å². The van der Waals surface area contributed by atoms with E-state index in [2.05, 4.69) is 37.4 Å². The molecule has 0 aromatic heterocycles.